The lowest BCUT2D eigenvalue weighted by Gasteiger charge is -2.20. The average molecular weight is 263 g/mol. The summed E-state index contributed by atoms with van der Waals surface area (Å²) >= 11 is 0. The fourth-order valence-electron chi connectivity index (χ4n) is 1.44. The molecule has 106 valence electrons. The minimum atomic E-state index is 0.375. The van der Waals surface area contributed by atoms with Crippen molar-refractivity contribution in [3.63, 3.8) is 0 Å². The van der Waals surface area contributed by atoms with Crippen molar-refractivity contribution in [3.8, 4) is 0 Å². The van der Waals surface area contributed by atoms with Gasteiger partial charge in [-0.3, -0.25) is 4.99 Å². The third kappa shape index (κ3) is 6.13. The molecular formula is C15H25N3O. The Kier molecular flexibility index (Phi) is 6.79. The largest absolute Gasteiger partial charge is 0.469 e. The third-order valence-corrected chi connectivity index (χ3v) is 2.99. The minimum Gasteiger partial charge on any atom is -0.469 e. The summed E-state index contributed by atoms with van der Waals surface area (Å²) in [6.07, 6.45) is 4.32. The van der Waals surface area contributed by atoms with Gasteiger partial charge in [-0.15, -0.1) is 6.58 Å². The van der Waals surface area contributed by atoms with Crippen LogP contribution < -0.4 is 10.6 Å². The number of nitrogens with one attached hydrogen (secondary N) is 2. The average Bonchev–Trinajstić information content (AvgIpc) is 2.88. The molecule has 0 radical (unpaired) electrons. The standard InChI is InChI=1S/C15H25N3O/c1-5-9-16-15(18-13(4)12(2)3)17-10-8-14-7-6-11-19-14/h5-7,11-13H,1,8-10H2,2-4H3,(H2,16,17,18). The predicted molar refractivity (Wildman–Crippen MR) is 80.3 cm³/mol. The number of rotatable bonds is 7. The highest BCUT2D eigenvalue weighted by Crippen LogP contribution is 2.01. The highest BCUT2D eigenvalue weighted by Gasteiger charge is 2.08. The third-order valence-electron chi connectivity index (χ3n) is 2.99. The Morgan fingerprint density at radius 1 is 1.47 bits per heavy atom. The van der Waals surface area contributed by atoms with Gasteiger partial charge < -0.3 is 15.1 Å². The fraction of sp³-hybridized carbons (Fsp3) is 0.533. The normalized spacial score (nSPS) is 13.4. The molecule has 0 saturated carbocycles. The summed E-state index contributed by atoms with van der Waals surface area (Å²) in [6.45, 7) is 11.6. The van der Waals surface area contributed by atoms with Gasteiger partial charge in [0.15, 0.2) is 5.96 Å². The first-order valence-electron chi connectivity index (χ1n) is 6.81. The molecule has 4 nitrogen and oxygen atoms in total. The lowest BCUT2D eigenvalue weighted by Crippen LogP contribution is -2.44. The Bertz CT molecular complexity index is 382. The topological polar surface area (TPSA) is 49.6 Å². The zero-order chi connectivity index (χ0) is 14.1. The van der Waals surface area contributed by atoms with E-state index in [1.807, 2.05) is 18.2 Å². The summed E-state index contributed by atoms with van der Waals surface area (Å²) in [4.78, 5) is 4.55. The molecule has 1 atom stereocenters. The number of hydrogen-bond acceptors (Lipinski definition) is 2. The maximum absolute atomic E-state index is 5.29. The molecule has 0 amide bonds. The molecule has 0 fully saturated rings. The van der Waals surface area contributed by atoms with Crippen LogP contribution in [0.2, 0.25) is 0 Å². The summed E-state index contributed by atoms with van der Waals surface area (Å²) in [7, 11) is 0. The van der Waals surface area contributed by atoms with Crippen LogP contribution in [0, 0.1) is 5.92 Å². The van der Waals surface area contributed by atoms with Gasteiger partial charge in [0.1, 0.15) is 5.76 Å². The zero-order valence-electron chi connectivity index (χ0n) is 12.1. The van der Waals surface area contributed by atoms with Crippen molar-refractivity contribution in [1.29, 1.82) is 0 Å². The highest BCUT2D eigenvalue weighted by molar-refractivity contribution is 5.80. The van der Waals surface area contributed by atoms with E-state index in [9.17, 15) is 0 Å². The van der Waals surface area contributed by atoms with Crippen LogP contribution in [-0.4, -0.2) is 25.1 Å². The van der Waals surface area contributed by atoms with Crippen LogP contribution in [0.5, 0.6) is 0 Å². The number of guanidine groups is 1. The van der Waals surface area contributed by atoms with Gasteiger partial charge in [-0.05, 0) is 25.0 Å². The zero-order valence-corrected chi connectivity index (χ0v) is 12.1. The number of furan rings is 1. The smallest absolute Gasteiger partial charge is 0.191 e. The Morgan fingerprint density at radius 2 is 2.26 bits per heavy atom. The molecule has 0 aliphatic heterocycles. The molecule has 0 saturated heterocycles. The second-order valence-electron chi connectivity index (χ2n) is 4.91. The fourth-order valence-corrected chi connectivity index (χ4v) is 1.44. The summed E-state index contributed by atoms with van der Waals surface area (Å²) in [6, 6.07) is 4.24. The first kappa shape index (κ1) is 15.3. The highest BCUT2D eigenvalue weighted by atomic mass is 16.3. The van der Waals surface area contributed by atoms with Gasteiger partial charge in [-0.1, -0.05) is 19.9 Å². The van der Waals surface area contributed by atoms with Crippen LogP contribution in [0.4, 0.5) is 0 Å². The second-order valence-corrected chi connectivity index (χ2v) is 4.91. The van der Waals surface area contributed by atoms with Gasteiger partial charge in [0.05, 0.1) is 6.26 Å². The Hall–Kier alpha value is -1.71. The Labute approximate surface area is 116 Å². The van der Waals surface area contributed by atoms with E-state index >= 15 is 0 Å². The van der Waals surface area contributed by atoms with E-state index in [0.717, 1.165) is 18.1 Å². The summed E-state index contributed by atoms with van der Waals surface area (Å²) in [5.41, 5.74) is 0. The molecule has 19 heavy (non-hydrogen) atoms. The van der Waals surface area contributed by atoms with E-state index in [4.69, 9.17) is 4.42 Å². The van der Waals surface area contributed by atoms with Crippen molar-refractivity contribution in [1.82, 2.24) is 10.6 Å². The first-order valence-corrected chi connectivity index (χ1v) is 6.81. The molecule has 2 N–H and O–H groups in total. The van der Waals surface area contributed by atoms with Crippen LogP contribution in [0.15, 0.2) is 40.5 Å². The number of aliphatic imine (C=N–C) groups is 1. The first-order chi connectivity index (χ1) is 9.13. The molecule has 1 aromatic heterocycles. The number of nitrogens with zero attached hydrogens (tertiary/aromatic N) is 1. The summed E-state index contributed by atoms with van der Waals surface area (Å²) < 4.78 is 5.29. The van der Waals surface area contributed by atoms with Crippen molar-refractivity contribution in [2.24, 2.45) is 10.9 Å². The van der Waals surface area contributed by atoms with Crippen molar-refractivity contribution in [3.05, 3.63) is 36.8 Å². The van der Waals surface area contributed by atoms with Crippen LogP contribution in [0.25, 0.3) is 0 Å². The van der Waals surface area contributed by atoms with Crippen molar-refractivity contribution in [2.75, 3.05) is 13.1 Å². The molecule has 4 heteroatoms. The maximum atomic E-state index is 5.29. The van der Waals surface area contributed by atoms with E-state index < -0.39 is 0 Å². The lowest BCUT2D eigenvalue weighted by molar-refractivity contribution is 0.480. The molecule has 1 heterocycles. The molecule has 0 aliphatic carbocycles. The van der Waals surface area contributed by atoms with Gasteiger partial charge in [0, 0.05) is 25.6 Å². The molecule has 1 unspecified atom stereocenters. The monoisotopic (exact) mass is 263 g/mol. The van der Waals surface area contributed by atoms with E-state index in [-0.39, 0.29) is 0 Å². The second kappa shape index (κ2) is 8.40. The predicted octanol–water partition coefficient (Wildman–Crippen LogP) is 2.59. The lowest BCUT2D eigenvalue weighted by atomic mass is 10.1. The molecule has 0 aliphatic rings. The maximum Gasteiger partial charge on any atom is 0.191 e. The van der Waals surface area contributed by atoms with Crippen molar-refractivity contribution < 1.29 is 4.42 Å². The quantitative estimate of drug-likeness (QED) is 0.451. The van der Waals surface area contributed by atoms with Gasteiger partial charge in [0.25, 0.3) is 0 Å². The minimum absolute atomic E-state index is 0.375. The van der Waals surface area contributed by atoms with Crippen LogP contribution in [-0.2, 0) is 6.42 Å². The molecule has 1 aromatic rings. The van der Waals surface area contributed by atoms with E-state index in [1.54, 1.807) is 6.26 Å². The van der Waals surface area contributed by atoms with E-state index in [2.05, 4.69) is 43.0 Å². The Morgan fingerprint density at radius 3 is 2.84 bits per heavy atom. The molecule has 0 spiro atoms. The molecule has 0 bridgehead atoms. The van der Waals surface area contributed by atoms with Gasteiger partial charge in [-0.2, -0.15) is 0 Å². The van der Waals surface area contributed by atoms with Gasteiger partial charge in [0.2, 0.25) is 0 Å². The summed E-state index contributed by atoms with van der Waals surface area (Å²) in [5, 5.41) is 6.62. The molecule has 1 rings (SSSR count). The molecule has 0 aromatic carbocycles. The molecular weight excluding hydrogens is 238 g/mol. The number of hydrogen-bond donors (Lipinski definition) is 2. The van der Waals surface area contributed by atoms with Gasteiger partial charge in [-0.25, -0.2) is 0 Å². The van der Waals surface area contributed by atoms with E-state index in [0.29, 0.717) is 25.0 Å². The summed E-state index contributed by atoms with van der Waals surface area (Å²) in [5.74, 6) is 2.34. The van der Waals surface area contributed by atoms with Crippen LogP contribution >= 0.6 is 0 Å². The van der Waals surface area contributed by atoms with Crippen molar-refractivity contribution in [2.45, 2.75) is 33.2 Å². The van der Waals surface area contributed by atoms with Gasteiger partial charge >= 0.3 is 0 Å². The Balaban J connectivity index is 2.48. The van der Waals surface area contributed by atoms with Crippen LogP contribution in [0.3, 0.4) is 0 Å². The van der Waals surface area contributed by atoms with E-state index in [1.165, 1.54) is 0 Å². The van der Waals surface area contributed by atoms with Crippen LogP contribution in [0.1, 0.15) is 26.5 Å². The van der Waals surface area contributed by atoms with Crippen molar-refractivity contribution >= 4 is 5.96 Å². The SMILES string of the molecule is C=CCNC(=NCCc1ccco1)NC(C)C(C)C.